The molecule has 0 aliphatic carbocycles. The van der Waals surface area contributed by atoms with Crippen molar-refractivity contribution in [1.29, 1.82) is 0 Å². The number of benzene rings is 1. The number of aryl methyl sites for hydroxylation is 1. The average molecular weight is 356 g/mol. The number of carbonyl (C=O) groups is 1. The van der Waals surface area contributed by atoms with E-state index in [4.69, 9.17) is 5.14 Å². The lowest BCUT2D eigenvalue weighted by molar-refractivity contribution is -0.115. The zero-order chi connectivity index (χ0) is 17.0. The van der Waals surface area contributed by atoms with Gasteiger partial charge in [0.25, 0.3) is 0 Å². The topological polar surface area (TPSA) is 133 Å². The lowest BCUT2D eigenvalue weighted by Gasteiger charge is -2.11. The van der Waals surface area contributed by atoms with E-state index in [1.165, 1.54) is 30.0 Å². The third kappa shape index (κ3) is 4.50. The van der Waals surface area contributed by atoms with E-state index in [0.29, 0.717) is 17.4 Å². The fourth-order valence-electron chi connectivity index (χ4n) is 1.69. The molecular weight excluding hydrogens is 340 g/mol. The van der Waals surface area contributed by atoms with Crippen LogP contribution < -0.4 is 10.5 Å². The number of tetrazole rings is 1. The van der Waals surface area contributed by atoms with Crippen molar-refractivity contribution >= 4 is 33.4 Å². The van der Waals surface area contributed by atoms with E-state index in [1.54, 1.807) is 17.7 Å². The first kappa shape index (κ1) is 17.4. The van der Waals surface area contributed by atoms with Crippen LogP contribution in [-0.4, -0.2) is 39.8 Å². The van der Waals surface area contributed by atoms with Crippen LogP contribution in [0.2, 0.25) is 0 Å². The number of hydrogen-bond donors (Lipinski definition) is 2. The Kier molecular flexibility index (Phi) is 5.34. The van der Waals surface area contributed by atoms with E-state index >= 15 is 0 Å². The molecule has 1 aromatic carbocycles. The van der Waals surface area contributed by atoms with E-state index in [2.05, 4.69) is 20.8 Å². The van der Waals surface area contributed by atoms with Gasteiger partial charge in [-0.25, -0.2) is 18.2 Å². The predicted octanol–water partition coefficient (Wildman–Crippen LogP) is 0.460. The second-order valence-electron chi connectivity index (χ2n) is 4.60. The average Bonchev–Trinajstić information content (AvgIpc) is 2.93. The fourth-order valence-corrected chi connectivity index (χ4v) is 3.10. The molecule has 1 atom stereocenters. The van der Waals surface area contributed by atoms with Crippen LogP contribution in [-0.2, 0) is 21.4 Å². The zero-order valence-electron chi connectivity index (χ0n) is 12.5. The Morgan fingerprint density at radius 1 is 1.48 bits per heavy atom. The third-order valence-electron chi connectivity index (χ3n) is 2.88. The van der Waals surface area contributed by atoms with E-state index in [1.807, 2.05) is 6.92 Å². The smallest absolute Gasteiger partial charge is 0.238 e. The summed E-state index contributed by atoms with van der Waals surface area (Å²) in [5.74, 6) is -0.299. The van der Waals surface area contributed by atoms with Gasteiger partial charge in [0.05, 0.1) is 10.1 Å². The van der Waals surface area contributed by atoms with E-state index in [-0.39, 0.29) is 10.8 Å². The van der Waals surface area contributed by atoms with Gasteiger partial charge in [0.2, 0.25) is 21.1 Å². The van der Waals surface area contributed by atoms with Gasteiger partial charge in [0.1, 0.15) is 0 Å². The highest BCUT2D eigenvalue weighted by Gasteiger charge is 2.19. The van der Waals surface area contributed by atoms with Gasteiger partial charge in [-0.05, 0) is 42.5 Å². The monoisotopic (exact) mass is 356 g/mol. The Morgan fingerprint density at radius 3 is 2.87 bits per heavy atom. The summed E-state index contributed by atoms with van der Waals surface area (Å²) in [5.41, 5.74) is 0.351. The Balaban J connectivity index is 2.07. The number of sulfonamides is 1. The minimum absolute atomic E-state index is 0.0643. The minimum atomic E-state index is -3.82. The van der Waals surface area contributed by atoms with Crippen LogP contribution >= 0.6 is 11.8 Å². The lowest BCUT2D eigenvalue weighted by Crippen LogP contribution is -2.23. The van der Waals surface area contributed by atoms with Crippen LogP contribution in [0.4, 0.5) is 5.69 Å². The quantitative estimate of drug-likeness (QED) is 0.718. The van der Waals surface area contributed by atoms with E-state index in [9.17, 15) is 13.2 Å². The van der Waals surface area contributed by atoms with Crippen LogP contribution in [0, 0.1) is 0 Å². The highest BCUT2D eigenvalue weighted by atomic mass is 32.2. The molecule has 11 heteroatoms. The number of primary sulfonamides is 1. The van der Waals surface area contributed by atoms with Gasteiger partial charge in [-0.1, -0.05) is 17.8 Å². The summed E-state index contributed by atoms with van der Waals surface area (Å²) < 4.78 is 24.2. The molecule has 1 unspecified atom stereocenters. The maximum Gasteiger partial charge on any atom is 0.238 e. The predicted molar refractivity (Wildman–Crippen MR) is 85.3 cm³/mol. The molecular formula is C12H16N6O3S2. The molecule has 9 nitrogen and oxygen atoms in total. The number of nitrogens with two attached hydrogens (primary N) is 1. The molecule has 23 heavy (non-hydrogen) atoms. The Morgan fingerprint density at radius 2 is 2.22 bits per heavy atom. The molecule has 0 aliphatic rings. The van der Waals surface area contributed by atoms with Crippen LogP contribution in [0.3, 0.4) is 0 Å². The minimum Gasteiger partial charge on any atom is -0.325 e. The normalized spacial score (nSPS) is 12.8. The highest BCUT2D eigenvalue weighted by Crippen LogP contribution is 2.22. The molecule has 0 spiro atoms. The van der Waals surface area contributed by atoms with Crippen molar-refractivity contribution in [2.45, 2.75) is 35.7 Å². The van der Waals surface area contributed by atoms with Crippen molar-refractivity contribution in [1.82, 2.24) is 20.2 Å². The van der Waals surface area contributed by atoms with Gasteiger partial charge in [-0.2, -0.15) is 0 Å². The molecule has 0 aliphatic heterocycles. The van der Waals surface area contributed by atoms with Gasteiger partial charge in [0, 0.05) is 12.2 Å². The molecule has 2 rings (SSSR count). The van der Waals surface area contributed by atoms with E-state index in [0.717, 1.165) is 0 Å². The summed E-state index contributed by atoms with van der Waals surface area (Å²) in [6.45, 7) is 4.20. The molecule has 3 N–H and O–H groups in total. The number of anilines is 1. The van der Waals surface area contributed by atoms with Crippen molar-refractivity contribution in [3.05, 3.63) is 24.3 Å². The molecule has 0 radical (unpaired) electrons. The summed E-state index contributed by atoms with van der Waals surface area (Å²) in [7, 11) is -3.82. The standard InChI is InChI=1S/C12H16N6O3S2/c1-3-18-12(15-16-17-18)22-8(2)11(19)14-9-5-4-6-10(7-9)23(13,20)21/h4-8H,3H2,1-2H3,(H,14,19)(H2,13,20,21). The van der Waals surface area contributed by atoms with Crippen molar-refractivity contribution in [2.75, 3.05) is 5.32 Å². The molecule has 2 aromatic rings. The lowest BCUT2D eigenvalue weighted by atomic mass is 10.3. The second-order valence-corrected chi connectivity index (χ2v) is 7.47. The van der Waals surface area contributed by atoms with Crippen LogP contribution in [0.25, 0.3) is 0 Å². The van der Waals surface area contributed by atoms with Crippen molar-refractivity contribution in [3.8, 4) is 0 Å². The van der Waals surface area contributed by atoms with Crippen LogP contribution in [0.5, 0.6) is 0 Å². The summed E-state index contributed by atoms with van der Waals surface area (Å²) in [4.78, 5) is 12.1. The van der Waals surface area contributed by atoms with Gasteiger partial charge in [-0.3, -0.25) is 4.79 Å². The molecule has 1 aromatic heterocycles. The number of aromatic nitrogens is 4. The second kappa shape index (κ2) is 7.06. The summed E-state index contributed by atoms with van der Waals surface area (Å²) in [6.07, 6.45) is 0. The van der Waals surface area contributed by atoms with Crippen molar-refractivity contribution < 1.29 is 13.2 Å². The molecule has 0 bridgehead atoms. The first-order chi connectivity index (χ1) is 10.8. The van der Waals surface area contributed by atoms with Crippen LogP contribution in [0.15, 0.2) is 34.3 Å². The Labute approximate surface area is 137 Å². The number of nitrogens with zero attached hydrogens (tertiary/aromatic N) is 4. The number of rotatable bonds is 6. The van der Waals surface area contributed by atoms with Gasteiger partial charge in [-0.15, -0.1) is 5.10 Å². The van der Waals surface area contributed by atoms with Gasteiger partial charge in [0.15, 0.2) is 0 Å². The van der Waals surface area contributed by atoms with Gasteiger partial charge < -0.3 is 5.32 Å². The fraction of sp³-hybridized carbons (Fsp3) is 0.333. The van der Waals surface area contributed by atoms with Crippen molar-refractivity contribution in [3.63, 3.8) is 0 Å². The molecule has 124 valence electrons. The number of hydrogen-bond acceptors (Lipinski definition) is 7. The SMILES string of the molecule is CCn1nnnc1SC(C)C(=O)Nc1cccc(S(N)(=O)=O)c1. The number of amides is 1. The largest absolute Gasteiger partial charge is 0.325 e. The third-order valence-corrected chi connectivity index (χ3v) is 4.86. The molecule has 0 fully saturated rings. The zero-order valence-corrected chi connectivity index (χ0v) is 14.1. The summed E-state index contributed by atoms with van der Waals surface area (Å²) in [6, 6.07) is 5.75. The maximum atomic E-state index is 12.2. The van der Waals surface area contributed by atoms with Gasteiger partial charge >= 0.3 is 0 Å². The maximum absolute atomic E-state index is 12.2. The molecule has 0 saturated carbocycles. The number of thioether (sulfide) groups is 1. The summed E-state index contributed by atoms with van der Waals surface area (Å²) >= 11 is 1.21. The first-order valence-corrected chi connectivity index (χ1v) is 9.10. The molecule has 0 saturated heterocycles. The summed E-state index contributed by atoms with van der Waals surface area (Å²) in [5, 5.41) is 19.0. The highest BCUT2D eigenvalue weighted by molar-refractivity contribution is 8.00. The van der Waals surface area contributed by atoms with E-state index < -0.39 is 15.3 Å². The Hall–Kier alpha value is -1.98. The molecule has 1 heterocycles. The first-order valence-electron chi connectivity index (χ1n) is 6.68. The number of carbonyl (C=O) groups excluding carboxylic acids is 1. The molecule has 1 amide bonds. The Bertz CT molecular complexity index is 805. The van der Waals surface area contributed by atoms with Crippen LogP contribution in [0.1, 0.15) is 13.8 Å². The number of nitrogens with one attached hydrogen (secondary N) is 1. The van der Waals surface area contributed by atoms with Crippen molar-refractivity contribution in [2.24, 2.45) is 5.14 Å².